The van der Waals surface area contributed by atoms with Crippen LogP contribution in [0, 0.1) is 0 Å². The molecule has 1 heterocycles. The van der Waals surface area contributed by atoms with Gasteiger partial charge in [0.2, 0.25) is 5.56 Å². The molecule has 20 heavy (non-hydrogen) atoms. The van der Waals surface area contributed by atoms with Crippen LogP contribution in [0.15, 0.2) is 47.4 Å². The van der Waals surface area contributed by atoms with E-state index in [1.807, 2.05) is 0 Å². The zero-order valence-electron chi connectivity index (χ0n) is 10.7. The van der Waals surface area contributed by atoms with Crippen LogP contribution in [0.2, 0.25) is 0 Å². The molecule has 0 bridgehead atoms. The van der Waals surface area contributed by atoms with Gasteiger partial charge in [0.15, 0.2) is 0 Å². The third kappa shape index (κ3) is 2.59. The van der Waals surface area contributed by atoms with Gasteiger partial charge in [0.1, 0.15) is 0 Å². The number of carbonyl (C=O) groups is 2. The summed E-state index contributed by atoms with van der Waals surface area (Å²) in [6, 6.07) is 8.81. The van der Waals surface area contributed by atoms with Crippen molar-refractivity contribution < 1.29 is 14.7 Å². The number of carbonyl (C=O) groups excluding carboxylic acids is 1. The average Bonchev–Trinajstić information content (AvgIpc) is 2.45. The number of carboxylic acid groups (broad SMARTS) is 1. The second kappa shape index (κ2) is 5.40. The number of nitrogens with one attached hydrogen (secondary N) is 1. The summed E-state index contributed by atoms with van der Waals surface area (Å²) in [6.45, 7) is 0. The number of aromatic nitrogens is 1. The van der Waals surface area contributed by atoms with Crippen LogP contribution in [-0.4, -0.2) is 29.0 Å². The third-order valence-corrected chi connectivity index (χ3v) is 2.82. The van der Waals surface area contributed by atoms with Gasteiger partial charge in [-0.05, 0) is 18.2 Å². The number of nitrogens with zero attached hydrogens (tertiary/aromatic N) is 1. The first kappa shape index (κ1) is 13.5. The highest BCUT2D eigenvalue weighted by atomic mass is 16.4. The minimum atomic E-state index is -1.12. The molecule has 0 saturated heterocycles. The molecule has 0 radical (unpaired) electrons. The fourth-order valence-corrected chi connectivity index (χ4v) is 1.83. The Balaban J connectivity index is 2.41. The molecule has 0 spiro atoms. The van der Waals surface area contributed by atoms with Crippen LogP contribution < -0.4 is 10.5 Å². The Hall–Kier alpha value is -2.89. The number of amides is 1. The molecule has 2 aromatic rings. The molecule has 0 aliphatic heterocycles. The van der Waals surface area contributed by atoms with Crippen molar-refractivity contribution in [2.75, 3.05) is 11.9 Å². The van der Waals surface area contributed by atoms with Gasteiger partial charge in [0.25, 0.3) is 5.91 Å². The first-order valence-electron chi connectivity index (χ1n) is 5.80. The SMILES string of the molecule is CN(C(=O)c1cc[nH]c(=O)c1)c1ccccc1C(=O)O. The quantitative estimate of drug-likeness (QED) is 0.882. The fourth-order valence-electron chi connectivity index (χ4n) is 1.83. The summed E-state index contributed by atoms with van der Waals surface area (Å²) < 4.78 is 0. The van der Waals surface area contributed by atoms with Crippen molar-refractivity contribution in [3.8, 4) is 0 Å². The Morgan fingerprint density at radius 3 is 2.55 bits per heavy atom. The van der Waals surface area contributed by atoms with Gasteiger partial charge >= 0.3 is 5.97 Å². The normalized spacial score (nSPS) is 10.1. The van der Waals surface area contributed by atoms with Crippen LogP contribution >= 0.6 is 0 Å². The highest BCUT2D eigenvalue weighted by Crippen LogP contribution is 2.20. The summed E-state index contributed by atoms with van der Waals surface area (Å²) in [5, 5.41) is 9.12. The van der Waals surface area contributed by atoms with Crippen LogP contribution in [0.5, 0.6) is 0 Å². The molecule has 2 rings (SSSR count). The zero-order chi connectivity index (χ0) is 14.7. The number of rotatable bonds is 3. The van der Waals surface area contributed by atoms with Gasteiger partial charge in [-0.25, -0.2) is 4.79 Å². The number of hydrogen-bond donors (Lipinski definition) is 2. The minimum Gasteiger partial charge on any atom is -0.478 e. The second-order valence-electron chi connectivity index (χ2n) is 4.13. The molecule has 1 aromatic heterocycles. The molecule has 2 N–H and O–H groups in total. The number of pyridine rings is 1. The molecule has 0 aliphatic carbocycles. The fraction of sp³-hybridized carbons (Fsp3) is 0.0714. The summed E-state index contributed by atoms with van der Waals surface area (Å²) in [6.07, 6.45) is 1.37. The number of aromatic amines is 1. The van der Waals surface area contributed by atoms with Crippen LogP contribution in [0.1, 0.15) is 20.7 Å². The Bertz CT molecular complexity index is 721. The van der Waals surface area contributed by atoms with E-state index < -0.39 is 17.4 Å². The van der Waals surface area contributed by atoms with Crippen molar-refractivity contribution in [1.29, 1.82) is 0 Å². The van der Waals surface area contributed by atoms with Crippen molar-refractivity contribution in [2.24, 2.45) is 0 Å². The molecular weight excluding hydrogens is 260 g/mol. The number of hydrogen-bond acceptors (Lipinski definition) is 3. The Morgan fingerprint density at radius 1 is 1.20 bits per heavy atom. The largest absolute Gasteiger partial charge is 0.478 e. The van der Waals surface area contributed by atoms with Crippen molar-refractivity contribution in [2.45, 2.75) is 0 Å². The Kier molecular flexibility index (Phi) is 3.65. The van der Waals surface area contributed by atoms with Crippen LogP contribution in [0.4, 0.5) is 5.69 Å². The lowest BCUT2D eigenvalue weighted by molar-refractivity contribution is 0.0697. The first-order valence-corrected chi connectivity index (χ1v) is 5.80. The molecule has 6 heteroatoms. The molecular formula is C14H12N2O4. The molecule has 1 amide bonds. The van der Waals surface area contributed by atoms with Gasteiger partial charge in [-0.1, -0.05) is 12.1 Å². The number of para-hydroxylation sites is 1. The van der Waals surface area contributed by atoms with E-state index >= 15 is 0 Å². The van der Waals surface area contributed by atoms with E-state index in [9.17, 15) is 14.4 Å². The summed E-state index contributed by atoms with van der Waals surface area (Å²) in [5.41, 5.74) is 0.0886. The predicted octanol–water partition coefficient (Wildman–Crippen LogP) is 1.35. The lowest BCUT2D eigenvalue weighted by Gasteiger charge is -2.19. The van der Waals surface area contributed by atoms with Crippen molar-refractivity contribution in [1.82, 2.24) is 4.98 Å². The van der Waals surface area contributed by atoms with E-state index in [2.05, 4.69) is 4.98 Å². The lowest BCUT2D eigenvalue weighted by Crippen LogP contribution is -2.28. The Morgan fingerprint density at radius 2 is 1.90 bits per heavy atom. The summed E-state index contributed by atoms with van der Waals surface area (Å²) >= 11 is 0. The van der Waals surface area contributed by atoms with E-state index in [0.29, 0.717) is 0 Å². The molecule has 0 fully saturated rings. The third-order valence-electron chi connectivity index (χ3n) is 2.82. The number of benzene rings is 1. The van der Waals surface area contributed by atoms with Crippen LogP contribution in [0.3, 0.4) is 0 Å². The second-order valence-corrected chi connectivity index (χ2v) is 4.13. The molecule has 0 aliphatic rings. The molecule has 102 valence electrons. The van der Waals surface area contributed by atoms with Gasteiger partial charge in [0.05, 0.1) is 11.3 Å². The average molecular weight is 272 g/mol. The molecule has 0 saturated carbocycles. The molecule has 0 atom stereocenters. The standard InChI is InChI=1S/C14H12N2O4/c1-16(11-5-3-2-4-10(11)14(19)20)13(18)9-6-7-15-12(17)8-9/h2-8H,1H3,(H,15,17)(H,19,20). The topological polar surface area (TPSA) is 90.5 Å². The number of aromatic carboxylic acids is 1. The van der Waals surface area contributed by atoms with Gasteiger partial charge in [0, 0.05) is 24.9 Å². The van der Waals surface area contributed by atoms with Gasteiger partial charge < -0.3 is 15.0 Å². The maximum Gasteiger partial charge on any atom is 0.337 e. The molecule has 1 aromatic carbocycles. The lowest BCUT2D eigenvalue weighted by atomic mass is 10.1. The smallest absolute Gasteiger partial charge is 0.337 e. The number of H-pyrrole nitrogens is 1. The van der Waals surface area contributed by atoms with Gasteiger partial charge in [-0.15, -0.1) is 0 Å². The highest BCUT2D eigenvalue weighted by molar-refractivity contribution is 6.08. The summed E-state index contributed by atoms with van der Waals surface area (Å²) in [7, 11) is 1.46. The minimum absolute atomic E-state index is 0.0215. The summed E-state index contributed by atoms with van der Waals surface area (Å²) in [5.74, 6) is -1.57. The number of anilines is 1. The highest BCUT2D eigenvalue weighted by Gasteiger charge is 2.19. The maximum atomic E-state index is 12.3. The van der Waals surface area contributed by atoms with E-state index in [0.717, 1.165) is 0 Å². The van der Waals surface area contributed by atoms with Crippen LogP contribution in [-0.2, 0) is 0 Å². The number of carboxylic acids is 1. The van der Waals surface area contributed by atoms with Gasteiger partial charge in [-0.2, -0.15) is 0 Å². The summed E-state index contributed by atoms with van der Waals surface area (Å²) in [4.78, 5) is 38.2. The van der Waals surface area contributed by atoms with E-state index in [-0.39, 0.29) is 16.8 Å². The van der Waals surface area contributed by atoms with E-state index in [1.165, 1.54) is 42.4 Å². The van der Waals surface area contributed by atoms with Gasteiger partial charge in [-0.3, -0.25) is 9.59 Å². The first-order chi connectivity index (χ1) is 9.50. The van der Waals surface area contributed by atoms with Crippen molar-refractivity contribution >= 4 is 17.6 Å². The Labute approximate surface area is 114 Å². The monoisotopic (exact) mass is 272 g/mol. The van der Waals surface area contributed by atoms with Crippen LogP contribution in [0.25, 0.3) is 0 Å². The molecule has 6 nitrogen and oxygen atoms in total. The zero-order valence-corrected chi connectivity index (χ0v) is 10.7. The van der Waals surface area contributed by atoms with E-state index in [1.54, 1.807) is 12.1 Å². The predicted molar refractivity (Wildman–Crippen MR) is 73.2 cm³/mol. The van der Waals surface area contributed by atoms with Crippen molar-refractivity contribution in [3.05, 3.63) is 64.1 Å². The molecule has 0 unspecified atom stereocenters. The van der Waals surface area contributed by atoms with Crippen molar-refractivity contribution in [3.63, 3.8) is 0 Å². The maximum absolute atomic E-state index is 12.3. The van der Waals surface area contributed by atoms with E-state index in [4.69, 9.17) is 5.11 Å².